The van der Waals surface area contributed by atoms with Crippen molar-refractivity contribution in [1.29, 1.82) is 0 Å². The first-order chi connectivity index (χ1) is 16.5. The molecule has 34 heavy (non-hydrogen) atoms. The number of hydrogen-bond acceptors (Lipinski definition) is 5. The van der Waals surface area contributed by atoms with Crippen LogP contribution >= 0.6 is 0 Å². The van der Waals surface area contributed by atoms with Gasteiger partial charge in [0.05, 0.1) is 30.5 Å². The van der Waals surface area contributed by atoms with E-state index in [1.165, 1.54) is 10.5 Å². The zero-order valence-electron chi connectivity index (χ0n) is 18.3. The Bertz CT molecular complexity index is 1520. The predicted molar refractivity (Wildman–Crippen MR) is 132 cm³/mol. The van der Waals surface area contributed by atoms with Gasteiger partial charge >= 0.3 is 0 Å². The topological polar surface area (TPSA) is 88.1 Å². The number of methoxy groups -OCH3 is 1. The van der Waals surface area contributed by atoms with Crippen LogP contribution in [-0.2, 0) is 16.6 Å². The number of amides is 1. The van der Waals surface area contributed by atoms with Gasteiger partial charge in [0, 0.05) is 10.9 Å². The highest BCUT2D eigenvalue weighted by Gasteiger charge is 2.35. The van der Waals surface area contributed by atoms with Gasteiger partial charge in [-0.3, -0.25) is 9.10 Å². The Morgan fingerprint density at radius 1 is 1.00 bits per heavy atom. The van der Waals surface area contributed by atoms with Crippen molar-refractivity contribution in [2.75, 3.05) is 11.4 Å². The summed E-state index contributed by atoms with van der Waals surface area (Å²) >= 11 is 0. The molecule has 0 saturated carbocycles. The third-order valence-corrected chi connectivity index (χ3v) is 7.50. The second-order valence-electron chi connectivity index (χ2n) is 7.82. The van der Waals surface area contributed by atoms with Gasteiger partial charge in [0.25, 0.3) is 15.9 Å². The first-order valence-electron chi connectivity index (χ1n) is 10.6. The van der Waals surface area contributed by atoms with E-state index >= 15 is 0 Å². The van der Waals surface area contributed by atoms with Crippen LogP contribution in [0.4, 0.5) is 5.69 Å². The molecule has 5 rings (SSSR count). The minimum Gasteiger partial charge on any atom is -0.497 e. The Labute approximate surface area is 197 Å². The van der Waals surface area contributed by atoms with E-state index < -0.39 is 10.0 Å². The third kappa shape index (κ3) is 3.88. The molecule has 0 aliphatic carbocycles. The first kappa shape index (κ1) is 21.7. The van der Waals surface area contributed by atoms with E-state index in [2.05, 4.69) is 10.5 Å². The number of carbonyl (C=O) groups excluding carboxylic acids is 1. The molecule has 1 N–H and O–H groups in total. The van der Waals surface area contributed by atoms with Crippen molar-refractivity contribution in [2.24, 2.45) is 5.10 Å². The monoisotopic (exact) mass is 471 g/mol. The molecule has 0 saturated heterocycles. The summed E-state index contributed by atoms with van der Waals surface area (Å²) in [6, 6.07) is 25.0. The number of nitrogens with zero attached hydrogens (tertiary/aromatic N) is 2. The SMILES string of the molecule is COc1cccc(C=NNC(=O)c2ccc(CN3c4cccc5cccc(c45)S3(=O)=O)cc2)c1. The number of carbonyl (C=O) groups is 1. The highest BCUT2D eigenvalue weighted by Crippen LogP contribution is 2.42. The Hall–Kier alpha value is -4.17. The van der Waals surface area contributed by atoms with Gasteiger partial charge in [-0.2, -0.15) is 5.10 Å². The highest BCUT2D eigenvalue weighted by molar-refractivity contribution is 7.93. The van der Waals surface area contributed by atoms with Crippen molar-refractivity contribution in [3.05, 3.63) is 102 Å². The summed E-state index contributed by atoms with van der Waals surface area (Å²) < 4.78 is 32.9. The van der Waals surface area contributed by atoms with Crippen LogP contribution in [0.3, 0.4) is 0 Å². The summed E-state index contributed by atoms with van der Waals surface area (Å²) in [5, 5.41) is 5.63. The van der Waals surface area contributed by atoms with E-state index in [1.54, 1.807) is 49.6 Å². The van der Waals surface area contributed by atoms with E-state index in [9.17, 15) is 13.2 Å². The summed E-state index contributed by atoms with van der Waals surface area (Å²) in [4.78, 5) is 12.8. The van der Waals surface area contributed by atoms with E-state index in [0.29, 0.717) is 21.9 Å². The second kappa shape index (κ2) is 8.64. The number of hydrogen-bond donors (Lipinski definition) is 1. The number of benzene rings is 4. The summed E-state index contributed by atoms with van der Waals surface area (Å²) in [6.45, 7) is 0.173. The molecule has 0 aromatic heterocycles. The minimum atomic E-state index is -3.64. The van der Waals surface area contributed by atoms with Crippen LogP contribution in [0.1, 0.15) is 21.5 Å². The van der Waals surface area contributed by atoms with Gasteiger partial charge in [0.15, 0.2) is 0 Å². The van der Waals surface area contributed by atoms with Gasteiger partial charge in [-0.05, 0) is 52.9 Å². The molecular formula is C26H21N3O4S. The molecule has 8 heteroatoms. The number of hydrazone groups is 1. The average molecular weight is 472 g/mol. The standard InChI is InChI=1S/C26H21N3O4S/c1-33-22-8-2-5-19(15-22)16-27-28-26(30)21-13-11-18(12-14-21)17-29-23-9-3-6-20-7-4-10-24(25(20)23)34(29,31)32/h2-16H,17H2,1H3,(H,28,30). The van der Waals surface area contributed by atoms with Crippen molar-refractivity contribution < 1.29 is 17.9 Å². The fraction of sp³-hybridized carbons (Fsp3) is 0.0769. The normalized spacial score (nSPS) is 14.0. The van der Waals surface area contributed by atoms with Crippen LogP contribution in [0.2, 0.25) is 0 Å². The average Bonchev–Trinajstić information content (AvgIpc) is 3.08. The Balaban J connectivity index is 1.30. The van der Waals surface area contributed by atoms with Gasteiger partial charge in [0.1, 0.15) is 5.75 Å². The molecule has 0 bridgehead atoms. The van der Waals surface area contributed by atoms with Gasteiger partial charge < -0.3 is 4.74 Å². The minimum absolute atomic E-state index is 0.173. The number of sulfonamides is 1. The fourth-order valence-electron chi connectivity index (χ4n) is 4.01. The molecule has 4 aromatic carbocycles. The lowest BCUT2D eigenvalue weighted by atomic mass is 10.1. The molecule has 7 nitrogen and oxygen atoms in total. The summed E-state index contributed by atoms with van der Waals surface area (Å²) in [5.74, 6) is 0.335. The number of anilines is 1. The molecular weight excluding hydrogens is 450 g/mol. The smallest absolute Gasteiger partial charge is 0.271 e. The van der Waals surface area contributed by atoms with Gasteiger partial charge in [0.2, 0.25) is 0 Å². The van der Waals surface area contributed by atoms with Crippen LogP contribution in [0.5, 0.6) is 5.75 Å². The highest BCUT2D eigenvalue weighted by atomic mass is 32.2. The summed E-state index contributed by atoms with van der Waals surface area (Å²) in [5.41, 5.74) is 5.14. The maximum atomic E-state index is 13.2. The maximum absolute atomic E-state index is 13.2. The van der Waals surface area contributed by atoms with E-state index in [1.807, 2.05) is 42.5 Å². The van der Waals surface area contributed by atoms with Crippen LogP contribution in [-0.4, -0.2) is 27.6 Å². The van der Waals surface area contributed by atoms with Crippen molar-refractivity contribution in [2.45, 2.75) is 11.4 Å². The molecule has 0 unspecified atom stereocenters. The van der Waals surface area contributed by atoms with Crippen molar-refractivity contribution in [1.82, 2.24) is 5.43 Å². The Morgan fingerprint density at radius 3 is 2.50 bits per heavy atom. The lowest BCUT2D eigenvalue weighted by molar-refractivity contribution is 0.0955. The number of nitrogens with one attached hydrogen (secondary N) is 1. The van der Waals surface area contributed by atoms with Gasteiger partial charge in [-0.15, -0.1) is 0 Å². The lowest BCUT2D eigenvalue weighted by Gasteiger charge is -2.19. The van der Waals surface area contributed by atoms with Crippen LogP contribution in [0.15, 0.2) is 94.9 Å². The molecule has 4 aromatic rings. The number of rotatable bonds is 6. The largest absolute Gasteiger partial charge is 0.497 e. The quantitative estimate of drug-likeness (QED) is 0.335. The molecule has 0 spiro atoms. The van der Waals surface area contributed by atoms with E-state index in [0.717, 1.165) is 21.9 Å². The van der Waals surface area contributed by atoms with Crippen LogP contribution in [0, 0.1) is 0 Å². The molecule has 1 heterocycles. The molecule has 1 amide bonds. The molecule has 1 aliphatic rings. The number of ether oxygens (including phenoxy) is 1. The van der Waals surface area contributed by atoms with Crippen molar-refractivity contribution in [3.63, 3.8) is 0 Å². The molecule has 170 valence electrons. The molecule has 0 fully saturated rings. The van der Waals surface area contributed by atoms with E-state index in [-0.39, 0.29) is 12.5 Å². The van der Waals surface area contributed by atoms with E-state index in [4.69, 9.17) is 4.74 Å². The summed E-state index contributed by atoms with van der Waals surface area (Å²) in [6.07, 6.45) is 1.53. The fourth-order valence-corrected chi connectivity index (χ4v) is 5.71. The van der Waals surface area contributed by atoms with Gasteiger partial charge in [-0.1, -0.05) is 48.5 Å². The summed E-state index contributed by atoms with van der Waals surface area (Å²) in [7, 11) is -2.06. The Morgan fingerprint density at radius 2 is 1.74 bits per heavy atom. The molecule has 0 atom stereocenters. The van der Waals surface area contributed by atoms with Crippen molar-refractivity contribution in [3.8, 4) is 5.75 Å². The van der Waals surface area contributed by atoms with Crippen LogP contribution < -0.4 is 14.5 Å². The van der Waals surface area contributed by atoms with Crippen LogP contribution in [0.25, 0.3) is 10.8 Å². The van der Waals surface area contributed by atoms with Crippen molar-refractivity contribution >= 4 is 38.6 Å². The Kier molecular flexibility index (Phi) is 5.51. The predicted octanol–water partition coefficient (Wildman–Crippen LogP) is 4.32. The lowest BCUT2D eigenvalue weighted by Crippen LogP contribution is -2.26. The zero-order valence-corrected chi connectivity index (χ0v) is 19.1. The zero-order chi connectivity index (χ0) is 23.7. The molecule has 1 aliphatic heterocycles. The van der Waals surface area contributed by atoms with Gasteiger partial charge in [-0.25, -0.2) is 13.8 Å². The third-order valence-electron chi connectivity index (χ3n) is 5.70. The molecule has 0 radical (unpaired) electrons. The first-order valence-corrected chi connectivity index (χ1v) is 12.0. The maximum Gasteiger partial charge on any atom is 0.271 e. The second-order valence-corrected chi connectivity index (χ2v) is 9.65.